The molecular weight excluding hydrogens is 407 g/mol. The fourth-order valence-electron chi connectivity index (χ4n) is 4.11. The Morgan fingerprint density at radius 3 is 2.48 bits per heavy atom. The highest BCUT2D eigenvalue weighted by Crippen LogP contribution is 2.31. The Bertz CT molecular complexity index is 1080. The van der Waals surface area contributed by atoms with Crippen molar-refractivity contribution < 1.29 is 22.8 Å². The predicted octanol–water partition coefficient (Wildman–Crippen LogP) is 3.87. The Labute approximate surface area is 177 Å². The van der Waals surface area contributed by atoms with Gasteiger partial charge in [-0.25, -0.2) is 0 Å². The average molecular weight is 429 g/mol. The highest BCUT2D eigenvalue weighted by atomic mass is 19.4. The SMILES string of the molecule is O=C(NC[C@H](c1ccccc1)c1c[nH]c2ccccc12)[C@@H]1CC[C@@H](C(F)(F)F)NC1=O. The zero-order valence-electron chi connectivity index (χ0n) is 16.6. The van der Waals surface area contributed by atoms with Gasteiger partial charge in [0.15, 0.2) is 0 Å². The third-order valence-electron chi connectivity index (χ3n) is 5.77. The molecule has 0 aliphatic carbocycles. The van der Waals surface area contributed by atoms with Gasteiger partial charge in [0.25, 0.3) is 0 Å². The van der Waals surface area contributed by atoms with Crippen LogP contribution in [0.1, 0.15) is 29.9 Å². The van der Waals surface area contributed by atoms with Gasteiger partial charge >= 0.3 is 6.18 Å². The van der Waals surface area contributed by atoms with Crippen LogP contribution >= 0.6 is 0 Å². The van der Waals surface area contributed by atoms with Crippen LogP contribution in [0.25, 0.3) is 10.9 Å². The minimum Gasteiger partial charge on any atom is -0.361 e. The smallest absolute Gasteiger partial charge is 0.361 e. The second-order valence-electron chi connectivity index (χ2n) is 7.73. The summed E-state index contributed by atoms with van der Waals surface area (Å²) in [6.45, 7) is 0.219. The van der Waals surface area contributed by atoms with Crippen LogP contribution in [-0.4, -0.2) is 35.6 Å². The van der Waals surface area contributed by atoms with Gasteiger partial charge in [-0.1, -0.05) is 48.5 Å². The Morgan fingerprint density at radius 1 is 1.06 bits per heavy atom. The molecule has 0 unspecified atom stereocenters. The highest BCUT2D eigenvalue weighted by Gasteiger charge is 2.45. The van der Waals surface area contributed by atoms with Gasteiger partial charge in [-0.3, -0.25) is 9.59 Å². The van der Waals surface area contributed by atoms with Crippen LogP contribution < -0.4 is 10.6 Å². The van der Waals surface area contributed by atoms with E-state index in [9.17, 15) is 22.8 Å². The third-order valence-corrected chi connectivity index (χ3v) is 5.77. The summed E-state index contributed by atoms with van der Waals surface area (Å²) in [5, 5.41) is 5.74. The van der Waals surface area contributed by atoms with Crippen molar-refractivity contribution in [1.82, 2.24) is 15.6 Å². The molecule has 1 aromatic heterocycles. The maximum absolute atomic E-state index is 12.9. The molecule has 8 heteroatoms. The first-order valence-corrected chi connectivity index (χ1v) is 10.1. The molecule has 1 aliphatic rings. The summed E-state index contributed by atoms with van der Waals surface area (Å²) in [5.74, 6) is -2.75. The van der Waals surface area contributed by atoms with E-state index in [0.717, 1.165) is 22.0 Å². The molecule has 0 saturated carbocycles. The fourth-order valence-corrected chi connectivity index (χ4v) is 4.11. The van der Waals surface area contributed by atoms with E-state index in [4.69, 9.17) is 0 Å². The molecule has 2 aromatic carbocycles. The normalized spacial score (nSPS) is 20.3. The number of piperidine rings is 1. The van der Waals surface area contributed by atoms with Crippen molar-refractivity contribution in [2.24, 2.45) is 5.92 Å². The second kappa shape index (κ2) is 8.45. The van der Waals surface area contributed by atoms with Crippen LogP contribution in [0.15, 0.2) is 60.8 Å². The number of carbonyl (C=O) groups excluding carboxylic acids is 2. The van der Waals surface area contributed by atoms with Gasteiger partial charge in [0.2, 0.25) is 11.8 Å². The lowest BCUT2D eigenvalue weighted by atomic mass is 9.89. The summed E-state index contributed by atoms with van der Waals surface area (Å²) < 4.78 is 38.6. The lowest BCUT2D eigenvalue weighted by molar-refractivity contribution is -0.171. The van der Waals surface area contributed by atoms with E-state index >= 15 is 0 Å². The quantitative estimate of drug-likeness (QED) is 0.539. The van der Waals surface area contributed by atoms with E-state index < -0.39 is 30.0 Å². The second-order valence-corrected chi connectivity index (χ2v) is 7.73. The highest BCUT2D eigenvalue weighted by molar-refractivity contribution is 6.01. The minimum absolute atomic E-state index is 0.134. The number of para-hydroxylation sites is 1. The predicted molar refractivity (Wildman–Crippen MR) is 110 cm³/mol. The van der Waals surface area contributed by atoms with Gasteiger partial charge in [-0.2, -0.15) is 13.2 Å². The lowest BCUT2D eigenvalue weighted by Crippen LogP contribution is -2.54. The lowest BCUT2D eigenvalue weighted by Gasteiger charge is -2.30. The summed E-state index contributed by atoms with van der Waals surface area (Å²) in [7, 11) is 0. The molecule has 3 aromatic rings. The molecule has 3 N–H and O–H groups in total. The van der Waals surface area contributed by atoms with Gasteiger partial charge in [0.1, 0.15) is 12.0 Å². The molecule has 1 saturated heterocycles. The van der Waals surface area contributed by atoms with Crippen LogP contribution in [0.5, 0.6) is 0 Å². The molecule has 2 heterocycles. The topological polar surface area (TPSA) is 74.0 Å². The van der Waals surface area contributed by atoms with E-state index in [0.29, 0.717) is 0 Å². The van der Waals surface area contributed by atoms with Crippen molar-refractivity contribution in [2.45, 2.75) is 31.0 Å². The maximum atomic E-state index is 12.9. The summed E-state index contributed by atoms with van der Waals surface area (Å²) in [5.41, 5.74) is 2.94. The molecule has 162 valence electrons. The number of halogens is 3. The summed E-state index contributed by atoms with van der Waals surface area (Å²) in [4.78, 5) is 28.0. The van der Waals surface area contributed by atoms with E-state index in [-0.39, 0.29) is 25.3 Å². The van der Waals surface area contributed by atoms with Crippen molar-refractivity contribution >= 4 is 22.7 Å². The Balaban J connectivity index is 1.51. The summed E-state index contributed by atoms with van der Waals surface area (Å²) in [6.07, 6.45) is -3.05. The standard InChI is InChI=1S/C23H22F3N3O2/c24-23(25,26)20-11-10-16(22(31)29-20)21(30)28-12-17(14-6-2-1-3-7-14)18-13-27-19-9-5-4-8-15(18)19/h1-9,13,16-17,20,27H,10-12H2,(H,28,30)(H,29,31)/t16-,17+,20-/m0/s1. The number of hydrogen-bond acceptors (Lipinski definition) is 2. The van der Waals surface area contributed by atoms with E-state index in [2.05, 4.69) is 10.3 Å². The van der Waals surface area contributed by atoms with Crippen molar-refractivity contribution in [3.63, 3.8) is 0 Å². The molecule has 1 fully saturated rings. The fraction of sp³-hybridized carbons (Fsp3) is 0.304. The van der Waals surface area contributed by atoms with Crippen molar-refractivity contribution in [3.05, 3.63) is 71.9 Å². The first-order chi connectivity index (χ1) is 14.8. The maximum Gasteiger partial charge on any atom is 0.408 e. The number of amides is 2. The summed E-state index contributed by atoms with van der Waals surface area (Å²) >= 11 is 0. The van der Waals surface area contributed by atoms with Gasteiger partial charge < -0.3 is 15.6 Å². The zero-order valence-corrected chi connectivity index (χ0v) is 16.6. The monoisotopic (exact) mass is 429 g/mol. The van der Waals surface area contributed by atoms with Crippen LogP contribution in [0.3, 0.4) is 0 Å². The molecule has 0 bridgehead atoms. The van der Waals surface area contributed by atoms with Crippen LogP contribution in [0.4, 0.5) is 13.2 Å². The van der Waals surface area contributed by atoms with Gasteiger partial charge in [-0.05, 0) is 30.0 Å². The van der Waals surface area contributed by atoms with E-state index in [1.807, 2.05) is 66.1 Å². The number of carbonyl (C=O) groups is 2. The summed E-state index contributed by atoms with van der Waals surface area (Å²) in [6, 6.07) is 15.6. The van der Waals surface area contributed by atoms with E-state index in [1.54, 1.807) is 0 Å². The molecule has 2 amide bonds. The van der Waals surface area contributed by atoms with Crippen LogP contribution in [0, 0.1) is 5.92 Å². The Hall–Kier alpha value is -3.29. The minimum atomic E-state index is -4.51. The van der Waals surface area contributed by atoms with Gasteiger partial charge in [0.05, 0.1) is 0 Å². The molecule has 31 heavy (non-hydrogen) atoms. The molecule has 5 nitrogen and oxygen atoms in total. The molecule has 4 rings (SSSR count). The van der Waals surface area contributed by atoms with Gasteiger partial charge in [0, 0.05) is 29.6 Å². The Morgan fingerprint density at radius 2 is 1.77 bits per heavy atom. The van der Waals surface area contributed by atoms with Crippen molar-refractivity contribution in [2.75, 3.05) is 6.54 Å². The number of benzene rings is 2. The van der Waals surface area contributed by atoms with Gasteiger partial charge in [-0.15, -0.1) is 0 Å². The average Bonchev–Trinajstić information content (AvgIpc) is 3.18. The number of hydrogen-bond donors (Lipinski definition) is 3. The molecule has 0 radical (unpaired) electrons. The molecule has 0 spiro atoms. The third kappa shape index (κ3) is 4.42. The number of rotatable bonds is 5. The van der Waals surface area contributed by atoms with E-state index in [1.165, 1.54) is 0 Å². The van der Waals surface area contributed by atoms with Crippen molar-refractivity contribution in [3.8, 4) is 0 Å². The first kappa shape index (κ1) is 21.0. The molecular formula is C23H22F3N3O2. The first-order valence-electron chi connectivity index (χ1n) is 10.1. The van der Waals surface area contributed by atoms with Crippen LogP contribution in [0.2, 0.25) is 0 Å². The molecule has 1 aliphatic heterocycles. The number of alkyl halides is 3. The number of aromatic nitrogens is 1. The molecule has 3 atom stereocenters. The number of H-pyrrole nitrogens is 1. The van der Waals surface area contributed by atoms with Crippen LogP contribution in [-0.2, 0) is 9.59 Å². The number of nitrogens with one attached hydrogen (secondary N) is 3. The number of aromatic amines is 1. The largest absolute Gasteiger partial charge is 0.408 e. The number of fused-ring (bicyclic) bond motifs is 1. The Kier molecular flexibility index (Phi) is 5.71. The van der Waals surface area contributed by atoms with Crippen molar-refractivity contribution in [1.29, 1.82) is 0 Å². The zero-order chi connectivity index (χ0) is 22.0.